The topological polar surface area (TPSA) is 39.2 Å². The number of hydrogen-bond acceptors (Lipinski definition) is 2. The van der Waals surface area contributed by atoms with Gasteiger partial charge in [-0.15, -0.1) is 0 Å². The number of nitrogen functional groups attached to an aromatic ring is 1. The molecule has 0 atom stereocenters. The number of anilines is 1. The Bertz CT molecular complexity index is 3440. The third kappa shape index (κ3) is 6.68. The Morgan fingerprint density at radius 3 is 1.49 bits per heavy atom. The van der Waals surface area contributed by atoms with Crippen LogP contribution in [0, 0.1) is 0 Å². The molecule has 0 spiro atoms. The normalized spacial score (nSPS) is 12.5. The Balaban J connectivity index is 0.000000106. The van der Waals surface area contributed by atoms with Gasteiger partial charge < -0.3 is 10.2 Å². The number of benzene rings is 10. The highest BCUT2D eigenvalue weighted by molar-refractivity contribution is 6.18. The second kappa shape index (κ2) is 15.5. The van der Waals surface area contributed by atoms with E-state index < -0.39 is 0 Å². The van der Waals surface area contributed by atoms with Crippen molar-refractivity contribution in [2.45, 2.75) is 19.3 Å². The van der Waals surface area contributed by atoms with Gasteiger partial charge in [-0.25, -0.2) is 0 Å². The smallest absolute Gasteiger partial charge is 0.136 e. The van der Waals surface area contributed by atoms with Crippen molar-refractivity contribution in [1.82, 2.24) is 0 Å². The molecule has 2 nitrogen and oxygen atoms in total. The van der Waals surface area contributed by atoms with Gasteiger partial charge in [0.1, 0.15) is 11.2 Å². The number of furan rings is 1. The van der Waals surface area contributed by atoms with Crippen molar-refractivity contribution in [3.63, 3.8) is 0 Å². The summed E-state index contributed by atoms with van der Waals surface area (Å²) in [5.41, 5.74) is 27.0. The van der Waals surface area contributed by atoms with Gasteiger partial charge in [0.15, 0.2) is 0 Å². The first-order valence-corrected chi connectivity index (χ1v) is 21.7. The molecular weight excluding hydrogens is 763 g/mol. The van der Waals surface area contributed by atoms with Crippen LogP contribution >= 0.6 is 0 Å². The fourth-order valence-corrected chi connectivity index (χ4v) is 9.78. The molecule has 0 radical (unpaired) electrons. The first-order chi connectivity index (χ1) is 30.9. The molecule has 2 aliphatic rings. The highest BCUT2D eigenvalue weighted by atomic mass is 16.3. The van der Waals surface area contributed by atoms with Crippen LogP contribution in [-0.2, 0) is 5.41 Å². The summed E-state index contributed by atoms with van der Waals surface area (Å²) in [5.74, 6) is 0. The predicted molar refractivity (Wildman–Crippen MR) is 267 cm³/mol. The van der Waals surface area contributed by atoms with Crippen LogP contribution in [0.15, 0.2) is 229 Å². The average molecular weight is 808 g/mol. The summed E-state index contributed by atoms with van der Waals surface area (Å²) in [5, 5.41) is 5.09. The van der Waals surface area contributed by atoms with E-state index in [0.717, 1.165) is 16.9 Å². The average Bonchev–Trinajstić information content (AvgIpc) is 3.96. The molecule has 0 aliphatic heterocycles. The Labute approximate surface area is 368 Å². The number of fused-ring (bicyclic) bond motifs is 9. The molecule has 300 valence electrons. The van der Waals surface area contributed by atoms with Crippen LogP contribution < -0.4 is 5.73 Å². The molecule has 0 saturated carbocycles. The Kier molecular flexibility index (Phi) is 9.36. The minimum atomic E-state index is -0.00909. The third-order valence-corrected chi connectivity index (χ3v) is 12.9. The van der Waals surface area contributed by atoms with E-state index >= 15 is 0 Å². The Hall–Kier alpha value is -7.94. The summed E-state index contributed by atoms with van der Waals surface area (Å²) >= 11 is 0. The van der Waals surface area contributed by atoms with Gasteiger partial charge in [0.2, 0.25) is 0 Å². The summed E-state index contributed by atoms with van der Waals surface area (Å²) in [6.07, 6.45) is 0. The van der Waals surface area contributed by atoms with Crippen LogP contribution in [0.5, 0.6) is 0 Å². The first-order valence-electron chi connectivity index (χ1n) is 21.7. The maximum Gasteiger partial charge on any atom is 0.136 e. The largest absolute Gasteiger partial charge is 0.456 e. The summed E-state index contributed by atoms with van der Waals surface area (Å²) in [4.78, 5) is 0. The number of hydrogen-bond donors (Lipinski definition) is 1. The second-order valence-electron chi connectivity index (χ2n) is 17.0. The van der Waals surface area contributed by atoms with Crippen molar-refractivity contribution < 1.29 is 4.42 Å². The van der Waals surface area contributed by atoms with Crippen molar-refractivity contribution in [2.24, 2.45) is 0 Å². The zero-order chi connectivity index (χ0) is 42.5. The Morgan fingerprint density at radius 2 is 0.794 bits per heavy atom. The van der Waals surface area contributed by atoms with E-state index in [-0.39, 0.29) is 5.41 Å². The summed E-state index contributed by atoms with van der Waals surface area (Å²) in [6.45, 7) is 4.57. The minimum absolute atomic E-state index is 0.00909. The van der Waals surface area contributed by atoms with E-state index in [0.29, 0.717) is 0 Å². The fourth-order valence-electron chi connectivity index (χ4n) is 9.78. The molecule has 0 fully saturated rings. The summed E-state index contributed by atoms with van der Waals surface area (Å²) < 4.78 is 5.91. The molecule has 63 heavy (non-hydrogen) atoms. The molecule has 1 aromatic heterocycles. The molecule has 0 bridgehead atoms. The Morgan fingerprint density at radius 1 is 0.317 bits per heavy atom. The van der Waals surface area contributed by atoms with Gasteiger partial charge in [0.05, 0.1) is 0 Å². The van der Waals surface area contributed by atoms with Crippen molar-refractivity contribution in [1.29, 1.82) is 0 Å². The van der Waals surface area contributed by atoms with Crippen molar-refractivity contribution in [3.8, 4) is 66.8 Å². The monoisotopic (exact) mass is 807 g/mol. The molecule has 13 rings (SSSR count). The molecule has 11 aromatic rings. The number of nitrogens with two attached hydrogens (primary N) is 1. The van der Waals surface area contributed by atoms with E-state index in [1.165, 1.54) is 99.4 Å². The lowest BCUT2D eigenvalue weighted by Gasteiger charge is -2.22. The fraction of sp³-hybridized carbons (Fsp3) is 0.0492. The summed E-state index contributed by atoms with van der Waals surface area (Å²) in [7, 11) is 0. The standard InChI is InChI=1S/C22H14.C21H19N.C18H12O/c1-2-7-15(8-3-1)16-13-14-21-18-10-5-4-9-17(18)20-12-6-11-19(16)22(20)21;1-21(2)19-12-15(14-6-4-3-5-7-14)8-10-17(19)18-11-9-16(22)13-20(18)21;1-2-6-13(7-3-1)14-10-11-16-15-8-4-5-9-17(15)19-18(16)12-14/h1-14H;3-13H,22H2,1-2H3;1-12H. The van der Waals surface area contributed by atoms with E-state index in [4.69, 9.17) is 10.2 Å². The van der Waals surface area contributed by atoms with Crippen LogP contribution in [-0.4, -0.2) is 0 Å². The lowest BCUT2D eigenvalue weighted by Crippen LogP contribution is -2.15. The maximum absolute atomic E-state index is 6.01. The van der Waals surface area contributed by atoms with Crippen molar-refractivity contribution in [2.75, 3.05) is 5.73 Å². The van der Waals surface area contributed by atoms with Gasteiger partial charge in [0.25, 0.3) is 0 Å². The van der Waals surface area contributed by atoms with E-state index in [2.05, 4.69) is 208 Å². The second-order valence-corrected chi connectivity index (χ2v) is 17.0. The molecule has 1 heterocycles. The highest BCUT2D eigenvalue weighted by Crippen LogP contribution is 2.51. The van der Waals surface area contributed by atoms with Crippen molar-refractivity contribution in [3.05, 3.63) is 236 Å². The van der Waals surface area contributed by atoms with Crippen LogP contribution in [0.1, 0.15) is 25.0 Å². The molecule has 0 saturated heterocycles. The zero-order valence-electron chi connectivity index (χ0n) is 35.3. The molecule has 0 amide bonds. The van der Waals surface area contributed by atoms with Crippen LogP contribution in [0.2, 0.25) is 0 Å². The molecule has 10 aromatic carbocycles. The third-order valence-electron chi connectivity index (χ3n) is 12.9. The first kappa shape index (κ1) is 38.0. The molecule has 2 aliphatic carbocycles. The molecular formula is C61H45NO. The lowest BCUT2D eigenvalue weighted by molar-refractivity contribution is 0.661. The molecule has 2 heteroatoms. The maximum atomic E-state index is 6.01. The van der Waals surface area contributed by atoms with Gasteiger partial charge in [0, 0.05) is 21.9 Å². The van der Waals surface area contributed by atoms with Crippen molar-refractivity contribution >= 4 is 38.4 Å². The quantitative estimate of drug-likeness (QED) is 0.181. The lowest BCUT2D eigenvalue weighted by atomic mass is 9.81. The summed E-state index contributed by atoms with van der Waals surface area (Å²) in [6, 6.07) is 79.1. The van der Waals surface area contributed by atoms with Gasteiger partial charge in [-0.1, -0.05) is 202 Å². The predicted octanol–water partition coefficient (Wildman–Crippen LogP) is 16.6. The zero-order valence-corrected chi connectivity index (χ0v) is 35.3. The highest BCUT2D eigenvalue weighted by Gasteiger charge is 2.35. The van der Waals surface area contributed by atoms with E-state index in [1.807, 2.05) is 30.3 Å². The molecule has 2 N–H and O–H groups in total. The SMILES string of the molecule is CC1(C)c2cc(N)ccc2-c2ccc(-c3ccccc3)cc21.c1ccc(-c2ccc3c(c2)oc2ccccc23)cc1.c1ccc(-c2ccc3c4c(cccc24)-c2ccccc2-3)cc1. The van der Waals surface area contributed by atoms with Crippen LogP contribution in [0.25, 0.3) is 99.5 Å². The molecule has 0 unspecified atom stereocenters. The minimum Gasteiger partial charge on any atom is -0.456 e. The number of para-hydroxylation sites is 1. The van der Waals surface area contributed by atoms with Gasteiger partial charge >= 0.3 is 0 Å². The number of rotatable bonds is 3. The van der Waals surface area contributed by atoms with E-state index in [1.54, 1.807) is 0 Å². The van der Waals surface area contributed by atoms with Gasteiger partial charge in [-0.05, 0) is 125 Å². The van der Waals surface area contributed by atoms with Crippen LogP contribution in [0.4, 0.5) is 5.69 Å². The van der Waals surface area contributed by atoms with E-state index in [9.17, 15) is 0 Å². The van der Waals surface area contributed by atoms with Gasteiger partial charge in [-0.3, -0.25) is 0 Å². The van der Waals surface area contributed by atoms with Crippen LogP contribution in [0.3, 0.4) is 0 Å². The van der Waals surface area contributed by atoms with Gasteiger partial charge in [-0.2, -0.15) is 0 Å².